The topological polar surface area (TPSA) is 69.7 Å². The molecule has 5 unspecified atom stereocenters. The Balaban J connectivity index is 2.17. The molecule has 2 aliphatic rings. The highest BCUT2D eigenvalue weighted by molar-refractivity contribution is 5.80. The standard InChI is InChI=1S/C24H36O5/c1-15(14-28-18(4)25)7-12-23(29-19(5)26)24(6)13-20-16(2)9-11-22(27)17(3)8-10-21(20)24/h7,17,20-21,23H,2,8-14H2,1,3-6H3. The SMILES string of the molecule is C=C1CCC(=O)C(C)CCC2C1CC2(C)C(CC=C(C)COC(C)=O)OC(C)=O. The molecule has 2 fully saturated rings. The van der Waals surface area contributed by atoms with Gasteiger partial charge in [-0.1, -0.05) is 32.1 Å². The van der Waals surface area contributed by atoms with Crippen molar-refractivity contribution in [3.05, 3.63) is 23.8 Å². The van der Waals surface area contributed by atoms with Crippen molar-refractivity contribution in [2.24, 2.45) is 23.2 Å². The van der Waals surface area contributed by atoms with E-state index in [1.807, 2.05) is 19.9 Å². The van der Waals surface area contributed by atoms with Crippen LogP contribution in [0.2, 0.25) is 0 Å². The third kappa shape index (κ3) is 5.80. The molecule has 0 amide bonds. The Bertz CT molecular complexity index is 691. The van der Waals surface area contributed by atoms with E-state index in [1.54, 1.807) is 0 Å². The van der Waals surface area contributed by atoms with Crippen LogP contribution < -0.4 is 0 Å². The first-order chi connectivity index (χ1) is 13.5. The number of allylic oxidation sites excluding steroid dienone is 1. The molecule has 2 saturated carbocycles. The van der Waals surface area contributed by atoms with Gasteiger partial charge in [0.05, 0.1) is 0 Å². The lowest BCUT2D eigenvalue weighted by Crippen LogP contribution is -2.54. The lowest BCUT2D eigenvalue weighted by atomic mass is 9.49. The molecule has 5 nitrogen and oxygen atoms in total. The predicted molar refractivity (Wildman–Crippen MR) is 112 cm³/mol. The van der Waals surface area contributed by atoms with Gasteiger partial charge in [-0.25, -0.2) is 0 Å². The molecule has 0 saturated heterocycles. The summed E-state index contributed by atoms with van der Waals surface area (Å²) >= 11 is 0. The second-order valence-corrected chi connectivity index (χ2v) is 9.19. The van der Waals surface area contributed by atoms with Crippen molar-refractivity contribution >= 4 is 17.7 Å². The minimum atomic E-state index is -0.309. The zero-order valence-electron chi connectivity index (χ0n) is 18.6. The van der Waals surface area contributed by atoms with E-state index >= 15 is 0 Å². The minimum absolute atomic E-state index is 0.0736. The minimum Gasteiger partial charge on any atom is -0.462 e. The molecule has 0 N–H and O–H groups in total. The normalized spacial score (nSPS) is 31.5. The number of ketones is 1. The van der Waals surface area contributed by atoms with Crippen LogP contribution in [-0.2, 0) is 23.9 Å². The maximum absolute atomic E-state index is 12.3. The van der Waals surface area contributed by atoms with Crippen LogP contribution >= 0.6 is 0 Å². The van der Waals surface area contributed by atoms with E-state index in [1.165, 1.54) is 13.8 Å². The molecular formula is C24H36O5. The highest BCUT2D eigenvalue weighted by Crippen LogP contribution is 2.60. The van der Waals surface area contributed by atoms with Gasteiger partial charge in [0.1, 0.15) is 18.5 Å². The number of carbonyl (C=O) groups excluding carboxylic acids is 3. The molecule has 0 heterocycles. The van der Waals surface area contributed by atoms with Gasteiger partial charge in [0.2, 0.25) is 0 Å². The van der Waals surface area contributed by atoms with Crippen molar-refractivity contribution in [1.82, 2.24) is 0 Å². The van der Waals surface area contributed by atoms with Gasteiger partial charge in [0.25, 0.3) is 0 Å². The van der Waals surface area contributed by atoms with Crippen molar-refractivity contribution in [1.29, 1.82) is 0 Å². The molecule has 0 aromatic rings. The van der Waals surface area contributed by atoms with Gasteiger partial charge < -0.3 is 9.47 Å². The van der Waals surface area contributed by atoms with Crippen molar-refractivity contribution in [2.75, 3.05) is 6.61 Å². The van der Waals surface area contributed by atoms with Crippen LogP contribution in [0, 0.1) is 23.2 Å². The summed E-state index contributed by atoms with van der Waals surface area (Å²) < 4.78 is 10.8. The Kier molecular flexibility index (Phi) is 7.84. The summed E-state index contributed by atoms with van der Waals surface area (Å²) in [6.07, 6.45) is 6.45. The van der Waals surface area contributed by atoms with Crippen LogP contribution in [0.4, 0.5) is 0 Å². The van der Waals surface area contributed by atoms with E-state index in [0.717, 1.165) is 36.8 Å². The van der Waals surface area contributed by atoms with Gasteiger partial charge in [-0.3, -0.25) is 14.4 Å². The van der Waals surface area contributed by atoms with Crippen LogP contribution in [0.25, 0.3) is 0 Å². The number of carbonyl (C=O) groups is 3. The number of ether oxygens (including phenoxy) is 2. The summed E-state index contributed by atoms with van der Waals surface area (Å²) in [7, 11) is 0. The fourth-order valence-electron chi connectivity index (χ4n) is 4.94. The Labute approximate surface area is 174 Å². The lowest BCUT2D eigenvalue weighted by Gasteiger charge is -2.57. The monoisotopic (exact) mass is 404 g/mol. The van der Waals surface area contributed by atoms with Crippen molar-refractivity contribution < 1.29 is 23.9 Å². The molecule has 29 heavy (non-hydrogen) atoms. The Morgan fingerprint density at radius 2 is 1.90 bits per heavy atom. The molecule has 0 spiro atoms. The summed E-state index contributed by atoms with van der Waals surface area (Å²) in [6, 6.07) is 0. The van der Waals surface area contributed by atoms with Gasteiger partial charge in [-0.15, -0.1) is 0 Å². The molecule has 162 valence electrons. The summed E-state index contributed by atoms with van der Waals surface area (Å²) in [6.45, 7) is 13.5. The molecule has 2 rings (SSSR count). The van der Waals surface area contributed by atoms with Crippen LogP contribution in [0.15, 0.2) is 23.8 Å². The van der Waals surface area contributed by atoms with Gasteiger partial charge in [0, 0.05) is 38.0 Å². The van der Waals surface area contributed by atoms with Gasteiger partial charge in [-0.05, 0) is 50.0 Å². The predicted octanol–water partition coefficient (Wildman–Crippen LogP) is 4.80. The first kappa shape index (κ1) is 23.4. The molecule has 0 aromatic carbocycles. The van der Waals surface area contributed by atoms with Gasteiger partial charge in [0.15, 0.2) is 0 Å². The van der Waals surface area contributed by atoms with Gasteiger partial charge >= 0.3 is 11.9 Å². The van der Waals surface area contributed by atoms with E-state index in [-0.39, 0.29) is 36.0 Å². The van der Waals surface area contributed by atoms with Crippen LogP contribution in [0.5, 0.6) is 0 Å². The lowest BCUT2D eigenvalue weighted by molar-refractivity contribution is -0.170. The highest BCUT2D eigenvalue weighted by Gasteiger charge is 2.56. The summed E-state index contributed by atoms with van der Waals surface area (Å²) in [5.41, 5.74) is 1.96. The third-order valence-corrected chi connectivity index (χ3v) is 6.90. The molecule has 0 aromatic heterocycles. The summed E-state index contributed by atoms with van der Waals surface area (Å²) in [4.78, 5) is 35.1. The van der Waals surface area contributed by atoms with Crippen LogP contribution in [-0.4, -0.2) is 30.4 Å². The quantitative estimate of drug-likeness (QED) is 0.470. The number of hydrogen-bond acceptors (Lipinski definition) is 5. The molecule has 5 atom stereocenters. The van der Waals surface area contributed by atoms with E-state index in [2.05, 4.69) is 13.5 Å². The largest absolute Gasteiger partial charge is 0.462 e. The van der Waals surface area contributed by atoms with E-state index < -0.39 is 0 Å². The molecule has 5 heteroatoms. The zero-order valence-corrected chi connectivity index (χ0v) is 18.6. The maximum atomic E-state index is 12.3. The fourth-order valence-corrected chi connectivity index (χ4v) is 4.94. The second kappa shape index (κ2) is 9.73. The fraction of sp³-hybridized carbons (Fsp3) is 0.708. The van der Waals surface area contributed by atoms with E-state index in [0.29, 0.717) is 30.5 Å². The Hall–Kier alpha value is -1.91. The number of rotatable bonds is 6. The number of esters is 2. The van der Waals surface area contributed by atoms with Crippen molar-refractivity contribution in [2.45, 2.75) is 79.2 Å². The number of Topliss-reactive ketones (excluding diaryl/α,β-unsaturated/α-hetero) is 1. The molecule has 0 aliphatic heterocycles. The molecule has 0 bridgehead atoms. The number of fused-ring (bicyclic) bond motifs is 1. The van der Waals surface area contributed by atoms with Crippen LogP contribution in [0.3, 0.4) is 0 Å². The maximum Gasteiger partial charge on any atom is 0.302 e. The average Bonchev–Trinajstić information content (AvgIpc) is 2.67. The summed E-state index contributed by atoms with van der Waals surface area (Å²) in [5, 5.41) is 0. The van der Waals surface area contributed by atoms with Crippen LogP contribution in [0.1, 0.15) is 73.1 Å². The molecule has 2 aliphatic carbocycles. The Morgan fingerprint density at radius 1 is 1.21 bits per heavy atom. The average molecular weight is 405 g/mol. The highest BCUT2D eigenvalue weighted by atomic mass is 16.5. The molecule has 0 radical (unpaired) electrons. The molecular weight excluding hydrogens is 368 g/mol. The summed E-state index contributed by atoms with van der Waals surface area (Å²) in [5.74, 6) is 0.559. The zero-order chi connectivity index (χ0) is 21.8. The Morgan fingerprint density at radius 3 is 2.52 bits per heavy atom. The smallest absolute Gasteiger partial charge is 0.302 e. The van der Waals surface area contributed by atoms with Crippen molar-refractivity contribution in [3.63, 3.8) is 0 Å². The second-order valence-electron chi connectivity index (χ2n) is 9.19. The van der Waals surface area contributed by atoms with E-state index in [4.69, 9.17) is 9.47 Å². The van der Waals surface area contributed by atoms with Gasteiger partial charge in [-0.2, -0.15) is 0 Å². The number of hydrogen-bond donors (Lipinski definition) is 0. The van der Waals surface area contributed by atoms with E-state index in [9.17, 15) is 14.4 Å². The first-order valence-electron chi connectivity index (χ1n) is 10.7. The van der Waals surface area contributed by atoms with Crippen molar-refractivity contribution in [3.8, 4) is 0 Å². The third-order valence-electron chi connectivity index (χ3n) is 6.90. The first-order valence-corrected chi connectivity index (χ1v) is 10.7.